The Morgan fingerprint density at radius 1 is 1.25 bits per heavy atom. The van der Waals surface area contributed by atoms with Crippen LogP contribution in [0.25, 0.3) is 0 Å². The number of hydrogen-bond donors (Lipinski definition) is 2. The first-order valence-electron chi connectivity index (χ1n) is 7.29. The van der Waals surface area contributed by atoms with E-state index in [1.165, 1.54) is 12.8 Å². The number of nitrogens with two attached hydrogens (primary N) is 1. The zero-order valence-electron chi connectivity index (χ0n) is 11.9. The summed E-state index contributed by atoms with van der Waals surface area (Å²) in [6.45, 7) is 5.66. The lowest BCUT2D eigenvalue weighted by Gasteiger charge is -2.35. The Kier molecular flexibility index (Phi) is 3.63. The Hall–Kier alpha value is -1.59. The van der Waals surface area contributed by atoms with Crippen molar-refractivity contribution in [1.82, 2.24) is 9.80 Å². The highest BCUT2D eigenvalue weighted by Crippen LogP contribution is 2.27. The van der Waals surface area contributed by atoms with Gasteiger partial charge in [-0.15, -0.1) is 0 Å². The Morgan fingerprint density at radius 2 is 1.95 bits per heavy atom. The number of anilines is 1. The lowest BCUT2D eigenvalue weighted by molar-refractivity contribution is 0.0627. The molecule has 1 saturated heterocycles. The van der Waals surface area contributed by atoms with Gasteiger partial charge in [-0.1, -0.05) is 0 Å². The van der Waals surface area contributed by atoms with E-state index in [4.69, 9.17) is 5.84 Å². The van der Waals surface area contributed by atoms with Crippen LogP contribution in [-0.4, -0.2) is 47.9 Å². The molecule has 3 rings (SSSR count). The number of nitrogens with zero attached hydrogens (tertiary/aromatic N) is 2. The normalized spacial score (nSPS) is 20.0. The highest BCUT2D eigenvalue weighted by molar-refractivity contribution is 5.95. The van der Waals surface area contributed by atoms with Crippen molar-refractivity contribution in [2.75, 3.05) is 31.6 Å². The Balaban J connectivity index is 1.65. The summed E-state index contributed by atoms with van der Waals surface area (Å²) >= 11 is 0. The molecule has 5 nitrogen and oxygen atoms in total. The Bertz CT molecular complexity index is 505. The third kappa shape index (κ3) is 2.64. The summed E-state index contributed by atoms with van der Waals surface area (Å²) in [6.07, 6.45) is 2.67. The molecular formula is C15H22N4O. The second-order valence-electron chi connectivity index (χ2n) is 5.73. The Labute approximate surface area is 119 Å². The zero-order chi connectivity index (χ0) is 14.1. The van der Waals surface area contributed by atoms with Crippen molar-refractivity contribution in [2.45, 2.75) is 25.8 Å². The minimum absolute atomic E-state index is 0.132. The summed E-state index contributed by atoms with van der Waals surface area (Å²) in [5.41, 5.74) is 5.24. The minimum atomic E-state index is 0.132. The number of nitrogens with one attached hydrogen (secondary N) is 1. The van der Waals surface area contributed by atoms with Gasteiger partial charge in [0.25, 0.3) is 5.91 Å². The van der Waals surface area contributed by atoms with E-state index in [2.05, 4.69) is 10.3 Å². The molecule has 0 aromatic heterocycles. The SMILES string of the molecule is Cc1cc(C(=O)N2CCN(C3CC3)CC2)ccc1NN. The van der Waals surface area contributed by atoms with Gasteiger partial charge in [0.15, 0.2) is 0 Å². The molecule has 1 aliphatic heterocycles. The molecule has 0 bridgehead atoms. The van der Waals surface area contributed by atoms with Crippen LogP contribution in [-0.2, 0) is 0 Å². The molecule has 20 heavy (non-hydrogen) atoms. The molecule has 5 heteroatoms. The molecule has 0 spiro atoms. The first kappa shape index (κ1) is 13.4. The van der Waals surface area contributed by atoms with Crippen molar-refractivity contribution < 1.29 is 4.79 Å². The van der Waals surface area contributed by atoms with Gasteiger partial charge in [-0.05, 0) is 43.5 Å². The third-order valence-corrected chi connectivity index (χ3v) is 4.29. The average molecular weight is 274 g/mol. The Morgan fingerprint density at radius 3 is 2.50 bits per heavy atom. The number of hydrazine groups is 1. The molecule has 2 fully saturated rings. The fourth-order valence-electron chi connectivity index (χ4n) is 2.87. The van der Waals surface area contributed by atoms with Crippen LogP contribution in [0, 0.1) is 6.92 Å². The van der Waals surface area contributed by atoms with Gasteiger partial charge in [0, 0.05) is 37.8 Å². The number of piperazine rings is 1. The number of carbonyl (C=O) groups excluding carboxylic acids is 1. The molecular weight excluding hydrogens is 252 g/mol. The smallest absolute Gasteiger partial charge is 0.253 e. The number of carbonyl (C=O) groups is 1. The van der Waals surface area contributed by atoms with Crippen LogP contribution in [0.2, 0.25) is 0 Å². The number of rotatable bonds is 3. The molecule has 0 radical (unpaired) electrons. The predicted octanol–water partition coefficient (Wildman–Crippen LogP) is 1.20. The van der Waals surface area contributed by atoms with Crippen molar-refractivity contribution >= 4 is 11.6 Å². The van der Waals surface area contributed by atoms with E-state index < -0.39 is 0 Å². The highest BCUT2D eigenvalue weighted by atomic mass is 16.2. The van der Waals surface area contributed by atoms with Gasteiger partial charge in [0.1, 0.15) is 0 Å². The lowest BCUT2D eigenvalue weighted by atomic mass is 10.1. The second-order valence-corrected chi connectivity index (χ2v) is 5.73. The van der Waals surface area contributed by atoms with Crippen molar-refractivity contribution in [3.63, 3.8) is 0 Å². The van der Waals surface area contributed by atoms with Gasteiger partial charge in [-0.25, -0.2) is 0 Å². The number of benzene rings is 1. The van der Waals surface area contributed by atoms with Gasteiger partial charge in [0.05, 0.1) is 5.69 Å². The number of hydrogen-bond acceptors (Lipinski definition) is 4. The second kappa shape index (κ2) is 5.42. The maximum Gasteiger partial charge on any atom is 0.253 e. The molecule has 1 aliphatic carbocycles. The van der Waals surface area contributed by atoms with Crippen molar-refractivity contribution in [2.24, 2.45) is 5.84 Å². The molecule has 108 valence electrons. The van der Waals surface area contributed by atoms with Crippen LogP contribution in [0.4, 0.5) is 5.69 Å². The zero-order valence-corrected chi connectivity index (χ0v) is 11.9. The highest BCUT2D eigenvalue weighted by Gasteiger charge is 2.32. The third-order valence-electron chi connectivity index (χ3n) is 4.29. The van der Waals surface area contributed by atoms with E-state index in [0.717, 1.165) is 49.0 Å². The van der Waals surface area contributed by atoms with Crippen molar-refractivity contribution in [1.29, 1.82) is 0 Å². The van der Waals surface area contributed by atoms with E-state index >= 15 is 0 Å². The topological polar surface area (TPSA) is 61.6 Å². The molecule has 0 atom stereocenters. The van der Waals surface area contributed by atoms with Gasteiger partial charge in [-0.2, -0.15) is 0 Å². The van der Waals surface area contributed by atoms with Crippen LogP contribution in [0.15, 0.2) is 18.2 Å². The molecule has 0 unspecified atom stereocenters. The van der Waals surface area contributed by atoms with Crippen LogP contribution in [0.5, 0.6) is 0 Å². The quantitative estimate of drug-likeness (QED) is 0.642. The number of nitrogen functional groups attached to an aromatic ring is 1. The van der Waals surface area contributed by atoms with E-state index in [1.54, 1.807) is 0 Å². The van der Waals surface area contributed by atoms with Crippen LogP contribution in [0.3, 0.4) is 0 Å². The number of aryl methyl sites for hydroxylation is 1. The van der Waals surface area contributed by atoms with Gasteiger partial charge < -0.3 is 10.3 Å². The van der Waals surface area contributed by atoms with Crippen LogP contribution >= 0.6 is 0 Å². The maximum atomic E-state index is 12.5. The summed E-state index contributed by atoms with van der Waals surface area (Å²) in [4.78, 5) is 17.0. The van der Waals surface area contributed by atoms with E-state index in [9.17, 15) is 4.79 Å². The summed E-state index contributed by atoms with van der Waals surface area (Å²) < 4.78 is 0. The van der Waals surface area contributed by atoms with Crippen LogP contribution < -0.4 is 11.3 Å². The average Bonchev–Trinajstić information content (AvgIpc) is 3.31. The monoisotopic (exact) mass is 274 g/mol. The van der Waals surface area contributed by atoms with Crippen molar-refractivity contribution in [3.05, 3.63) is 29.3 Å². The number of amides is 1. The summed E-state index contributed by atoms with van der Waals surface area (Å²) in [6, 6.07) is 6.41. The first-order valence-corrected chi connectivity index (χ1v) is 7.29. The van der Waals surface area contributed by atoms with Crippen LogP contribution in [0.1, 0.15) is 28.8 Å². The predicted molar refractivity (Wildman–Crippen MR) is 79.5 cm³/mol. The molecule has 1 amide bonds. The first-order chi connectivity index (χ1) is 9.69. The van der Waals surface area contributed by atoms with E-state index in [-0.39, 0.29) is 5.91 Å². The molecule has 1 aromatic rings. The van der Waals surface area contributed by atoms with Gasteiger partial charge in [-0.3, -0.25) is 15.5 Å². The van der Waals surface area contributed by atoms with E-state index in [0.29, 0.717) is 0 Å². The van der Waals surface area contributed by atoms with Gasteiger partial charge >= 0.3 is 0 Å². The maximum absolute atomic E-state index is 12.5. The summed E-state index contributed by atoms with van der Waals surface area (Å²) in [5, 5.41) is 0. The fourth-order valence-corrected chi connectivity index (χ4v) is 2.87. The molecule has 1 saturated carbocycles. The largest absolute Gasteiger partial charge is 0.336 e. The van der Waals surface area contributed by atoms with E-state index in [1.807, 2.05) is 30.0 Å². The molecule has 1 heterocycles. The molecule has 2 aliphatic rings. The minimum Gasteiger partial charge on any atom is -0.336 e. The molecule has 1 aromatic carbocycles. The molecule has 3 N–H and O–H groups in total. The fraction of sp³-hybridized carbons (Fsp3) is 0.533. The van der Waals surface area contributed by atoms with Gasteiger partial charge in [0.2, 0.25) is 0 Å². The lowest BCUT2D eigenvalue weighted by Crippen LogP contribution is -2.49. The summed E-state index contributed by atoms with van der Waals surface area (Å²) in [7, 11) is 0. The van der Waals surface area contributed by atoms with Crippen molar-refractivity contribution in [3.8, 4) is 0 Å². The standard InChI is InChI=1S/C15H22N4O/c1-11-10-12(2-5-14(11)17-16)15(20)19-8-6-18(7-9-19)13-3-4-13/h2,5,10,13,17H,3-4,6-9,16H2,1H3. The summed E-state index contributed by atoms with van der Waals surface area (Å²) in [5.74, 6) is 5.55.